The number of primary amides is 1. The Bertz CT molecular complexity index is 1200. The van der Waals surface area contributed by atoms with Crippen LogP contribution in [0.1, 0.15) is 34.9 Å². The van der Waals surface area contributed by atoms with E-state index in [2.05, 4.69) is 39.2 Å². The Morgan fingerprint density at radius 1 is 1.26 bits per heavy atom. The number of carbonyl (C=O) groups excluding carboxylic acids is 1. The van der Waals surface area contributed by atoms with Crippen molar-refractivity contribution in [1.29, 1.82) is 0 Å². The number of nitrogens with zero attached hydrogens (tertiary/aromatic N) is 4. The zero-order valence-electron chi connectivity index (χ0n) is 17.1. The second-order valence-corrected chi connectivity index (χ2v) is 8.93. The minimum atomic E-state index is -0.237. The van der Waals surface area contributed by atoms with E-state index in [-0.39, 0.29) is 23.7 Å². The second-order valence-electron chi connectivity index (χ2n) is 7.92. The van der Waals surface area contributed by atoms with Crippen molar-refractivity contribution in [1.82, 2.24) is 19.5 Å². The molecule has 31 heavy (non-hydrogen) atoms. The lowest BCUT2D eigenvalue weighted by atomic mass is 9.93. The molecule has 1 atom stereocenters. The summed E-state index contributed by atoms with van der Waals surface area (Å²) in [6.07, 6.45) is 2.99. The number of aromatic nitrogens is 3. The van der Waals surface area contributed by atoms with E-state index in [1.165, 1.54) is 21.4 Å². The van der Waals surface area contributed by atoms with Crippen LogP contribution < -0.4 is 5.73 Å². The van der Waals surface area contributed by atoms with Gasteiger partial charge in [0.15, 0.2) is 5.76 Å². The van der Waals surface area contributed by atoms with Gasteiger partial charge in [-0.05, 0) is 50.6 Å². The number of nitrogens with two attached hydrogens (primary N) is 1. The van der Waals surface area contributed by atoms with E-state index in [1.54, 1.807) is 18.4 Å². The van der Waals surface area contributed by atoms with Crippen molar-refractivity contribution in [3.05, 3.63) is 58.7 Å². The normalized spacial score (nSPS) is 16.7. The Hall–Kier alpha value is -3.17. The van der Waals surface area contributed by atoms with E-state index < -0.39 is 0 Å². The minimum absolute atomic E-state index is 0.0768. The van der Waals surface area contributed by atoms with Gasteiger partial charge in [-0.1, -0.05) is 41.2 Å². The summed E-state index contributed by atoms with van der Waals surface area (Å²) in [5.74, 6) is 0.737. The molecule has 1 aromatic carbocycles. The molecule has 0 bridgehead atoms. The van der Waals surface area contributed by atoms with Crippen LogP contribution in [-0.4, -0.2) is 43.6 Å². The van der Waals surface area contributed by atoms with Crippen molar-refractivity contribution in [3.8, 4) is 17.5 Å². The molecule has 8 nitrogen and oxygen atoms in total. The van der Waals surface area contributed by atoms with Crippen LogP contribution in [0.4, 0.5) is 0 Å². The SMILES string of the molecule is Cc1ccc([C@H](c2sc3nc(-c4ccco4)nn3c2O)N2CCC(C(N)=O)CC2)cc1. The highest BCUT2D eigenvalue weighted by Crippen LogP contribution is 2.41. The first-order chi connectivity index (χ1) is 15.0. The van der Waals surface area contributed by atoms with E-state index in [9.17, 15) is 9.90 Å². The number of piperidine rings is 1. The average Bonchev–Trinajstić information content (AvgIpc) is 3.49. The maximum absolute atomic E-state index is 11.6. The number of benzene rings is 1. The third-order valence-corrected chi connectivity index (χ3v) is 6.95. The Labute approximate surface area is 182 Å². The molecule has 0 unspecified atom stereocenters. The first-order valence-electron chi connectivity index (χ1n) is 10.2. The second kappa shape index (κ2) is 7.82. The highest BCUT2D eigenvalue weighted by molar-refractivity contribution is 7.17. The molecule has 5 rings (SSSR count). The molecule has 1 aliphatic heterocycles. The van der Waals surface area contributed by atoms with Crippen LogP contribution in [0, 0.1) is 12.8 Å². The van der Waals surface area contributed by atoms with Crippen molar-refractivity contribution < 1.29 is 14.3 Å². The molecule has 4 aromatic rings. The van der Waals surface area contributed by atoms with E-state index in [4.69, 9.17) is 10.2 Å². The van der Waals surface area contributed by atoms with Gasteiger partial charge >= 0.3 is 0 Å². The molecule has 3 aromatic heterocycles. The minimum Gasteiger partial charge on any atom is -0.492 e. The molecule has 160 valence electrons. The van der Waals surface area contributed by atoms with Crippen LogP contribution in [0.5, 0.6) is 5.88 Å². The van der Waals surface area contributed by atoms with Gasteiger partial charge in [0.25, 0.3) is 0 Å². The maximum Gasteiger partial charge on any atom is 0.230 e. The average molecular weight is 438 g/mol. The smallest absolute Gasteiger partial charge is 0.230 e. The fourth-order valence-corrected chi connectivity index (χ4v) is 5.27. The highest BCUT2D eigenvalue weighted by Gasteiger charge is 2.33. The van der Waals surface area contributed by atoms with E-state index >= 15 is 0 Å². The number of carbonyl (C=O) groups is 1. The van der Waals surface area contributed by atoms with Gasteiger partial charge in [-0.2, -0.15) is 9.50 Å². The van der Waals surface area contributed by atoms with E-state index in [0.717, 1.165) is 23.5 Å². The molecular formula is C22H23N5O3S. The number of furan rings is 1. The molecule has 9 heteroatoms. The number of aryl methyl sites for hydroxylation is 1. The monoisotopic (exact) mass is 437 g/mol. The molecule has 1 aliphatic rings. The molecule has 0 saturated carbocycles. The van der Waals surface area contributed by atoms with Gasteiger partial charge in [-0.25, -0.2) is 0 Å². The summed E-state index contributed by atoms with van der Waals surface area (Å²) in [6.45, 7) is 3.49. The zero-order chi connectivity index (χ0) is 21.5. The van der Waals surface area contributed by atoms with Crippen LogP contribution in [-0.2, 0) is 4.79 Å². The number of hydrogen-bond acceptors (Lipinski definition) is 7. The first-order valence-corrected chi connectivity index (χ1v) is 11.0. The number of fused-ring (bicyclic) bond motifs is 1. The number of likely N-dealkylation sites (tertiary alicyclic amines) is 1. The maximum atomic E-state index is 11.6. The fraction of sp³-hybridized carbons (Fsp3) is 0.318. The molecule has 3 N–H and O–H groups in total. The lowest BCUT2D eigenvalue weighted by Crippen LogP contribution is -2.40. The summed E-state index contributed by atoms with van der Waals surface area (Å²) in [4.78, 5) is 19.8. The van der Waals surface area contributed by atoms with Gasteiger partial charge in [0.05, 0.1) is 17.2 Å². The summed E-state index contributed by atoms with van der Waals surface area (Å²) in [5, 5.41) is 15.5. The predicted octanol–water partition coefficient (Wildman–Crippen LogP) is 3.35. The molecule has 1 saturated heterocycles. The summed E-state index contributed by atoms with van der Waals surface area (Å²) in [7, 11) is 0. The molecule has 1 fully saturated rings. The van der Waals surface area contributed by atoms with Gasteiger partial charge in [0.2, 0.25) is 22.6 Å². The van der Waals surface area contributed by atoms with Crippen LogP contribution >= 0.6 is 11.3 Å². The Kier molecular flexibility index (Phi) is 4.99. The predicted molar refractivity (Wildman–Crippen MR) is 117 cm³/mol. The summed E-state index contributed by atoms with van der Waals surface area (Å²) >= 11 is 1.41. The third kappa shape index (κ3) is 3.60. The Morgan fingerprint density at radius 2 is 2.00 bits per heavy atom. The molecule has 0 spiro atoms. The van der Waals surface area contributed by atoms with Crippen LogP contribution in [0.3, 0.4) is 0 Å². The van der Waals surface area contributed by atoms with Gasteiger partial charge in [-0.3, -0.25) is 9.69 Å². The molecule has 1 amide bonds. The zero-order valence-corrected chi connectivity index (χ0v) is 17.9. The van der Waals surface area contributed by atoms with Crippen molar-refractivity contribution >= 4 is 22.2 Å². The molecule has 4 heterocycles. The highest BCUT2D eigenvalue weighted by atomic mass is 32.1. The van der Waals surface area contributed by atoms with Crippen molar-refractivity contribution in [2.45, 2.75) is 25.8 Å². The van der Waals surface area contributed by atoms with Crippen molar-refractivity contribution in [2.75, 3.05) is 13.1 Å². The topological polar surface area (TPSA) is 110 Å². The lowest BCUT2D eigenvalue weighted by Gasteiger charge is -2.36. The van der Waals surface area contributed by atoms with Crippen LogP contribution in [0.2, 0.25) is 0 Å². The number of thiazole rings is 1. The standard InChI is InChI=1S/C22H23N5O3S/c1-13-4-6-14(7-5-13)17(26-10-8-15(9-11-26)19(23)28)18-21(29)27-22(31-18)24-20(25-27)16-3-2-12-30-16/h2-7,12,15,17,29H,8-11H2,1H3,(H2,23,28)/t17-/m1/s1. The van der Waals surface area contributed by atoms with Crippen molar-refractivity contribution in [2.24, 2.45) is 11.7 Å². The Morgan fingerprint density at radius 3 is 2.61 bits per heavy atom. The third-order valence-electron chi connectivity index (χ3n) is 5.88. The summed E-state index contributed by atoms with van der Waals surface area (Å²) in [6, 6.07) is 11.7. The summed E-state index contributed by atoms with van der Waals surface area (Å²) < 4.78 is 6.85. The summed E-state index contributed by atoms with van der Waals surface area (Å²) in [5.41, 5.74) is 7.77. The van der Waals surface area contributed by atoms with Gasteiger partial charge in [0, 0.05) is 5.92 Å². The largest absolute Gasteiger partial charge is 0.492 e. The van der Waals surface area contributed by atoms with Crippen molar-refractivity contribution in [3.63, 3.8) is 0 Å². The fourth-order valence-electron chi connectivity index (χ4n) is 4.16. The number of rotatable bonds is 5. The number of hydrogen-bond donors (Lipinski definition) is 2. The molecule has 0 radical (unpaired) electrons. The van der Waals surface area contributed by atoms with Gasteiger partial charge in [0.1, 0.15) is 0 Å². The molecular weight excluding hydrogens is 414 g/mol. The Balaban J connectivity index is 1.54. The number of aromatic hydroxyl groups is 1. The number of amides is 1. The quantitative estimate of drug-likeness (QED) is 0.495. The van der Waals surface area contributed by atoms with E-state index in [0.29, 0.717) is 29.4 Å². The molecule has 0 aliphatic carbocycles. The van der Waals surface area contributed by atoms with Gasteiger partial charge < -0.3 is 15.3 Å². The van der Waals surface area contributed by atoms with Gasteiger partial charge in [-0.15, -0.1) is 5.10 Å². The lowest BCUT2D eigenvalue weighted by molar-refractivity contribution is -0.123. The van der Waals surface area contributed by atoms with E-state index in [1.807, 2.05) is 6.92 Å². The van der Waals surface area contributed by atoms with Crippen LogP contribution in [0.25, 0.3) is 16.5 Å². The van der Waals surface area contributed by atoms with Crippen LogP contribution in [0.15, 0.2) is 47.1 Å². The first kappa shape index (κ1) is 19.8.